The highest BCUT2D eigenvalue weighted by Gasteiger charge is 2.36. The van der Waals surface area contributed by atoms with Gasteiger partial charge in [0, 0.05) is 10.9 Å². The van der Waals surface area contributed by atoms with Gasteiger partial charge in [0.15, 0.2) is 0 Å². The van der Waals surface area contributed by atoms with Gasteiger partial charge in [0.2, 0.25) is 0 Å². The van der Waals surface area contributed by atoms with Crippen LogP contribution >= 0.6 is 15.9 Å². The van der Waals surface area contributed by atoms with E-state index >= 15 is 0 Å². The lowest BCUT2D eigenvalue weighted by Crippen LogP contribution is -2.05. The van der Waals surface area contributed by atoms with Crippen LogP contribution in [0.25, 0.3) is 10.9 Å². The molecule has 0 aliphatic carbocycles. The Balaban J connectivity index is 2.83. The van der Waals surface area contributed by atoms with Crippen molar-refractivity contribution < 1.29 is 13.2 Å². The van der Waals surface area contributed by atoms with Gasteiger partial charge >= 0.3 is 6.18 Å². The normalized spacial score (nSPS) is 12.4. The molecule has 0 bridgehead atoms. The van der Waals surface area contributed by atoms with Crippen LogP contribution < -0.4 is 0 Å². The Kier molecular flexibility index (Phi) is 2.53. The third-order valence-corrected chi connectivity index (χ3v) is 3.29. The predicted molar refractivity (Wildman–Crippen MR) is 60.5 cm³/mol. The lowest BCUT2D eigenvalue weighted by Gasteiger charge is -2.03. The first-order valence-electron chi connectivity index (χ1n) is 4.66. The van der Waals surface area contributed by atoms with Crippen LogP contribution in [-0.2, 0) is 6.18 Å². The van der Waals surface area contributed by atoms with Crippen LogP contribution in [0.4, 0.5) is 13.2 Å². The first-order valence-corrected chi connectivity index (χ1v) is 5.45. The summed E-state index contributed by atoms with van der Waals surface area (Å²) >= 11 is 3.00. The molecule has 1 aromatic carbocycles. The summed E-state index contributed by atoms with van der Waals surface area (Å²) in [4.78, 5) is 2.43. The van der Waals surface area contributed by atoms with Gasteiger partial charge < -0.3 is 4.98 Å². The number of benzene rings is 1. The molecule has 0 saturated carbocycles. The van der Waals surface area contributed by atoms with Crippen molar-refractivity contribution in [2.45, 2.75) is 20.0 Å². The zero-order chi connectivity index (χ0) is 12.1. The highest BCUT2D eigenvalue weighted by Crippen LogP contribution is 2.39. The first-order chi connectivity index (χ1) is 7.30. The number of alkyl halides is 3. The van der Waals surface area contributed by atoms with Crippen molar-refractivity contribution in [3.05, 3.63) is 33.4 Å². The number of rotatable bonds is 0. The molecule has 0 saturated heterocycles. The molecule has 0 amide bonds. The molecule has 1 nitrogen and oxygen atoms in total. The average Bonchev–Trinajstić information content (AvgIpc) is 2.43. The molecule has 0 atom stereocenters. The van der Waals surface area contributed by atoms with E-state index in [1.54, 1.807) is 13.0 Å². The summed E-state index contributed by atoms with van der Waals surface area (Å²) in [5, 5.41) is 0.574. The van der Waals surface area contributed by atoms with Crippen LogP contribution in [0.15, 0.2) is 16.6 Å². The lowest BCUT2D eigenvalue weighted by atomic mass is 10.1. The molecule has 1 N–H and O–H groups in total. The van der Waals surface area contributed by atoms with Gasteiger partial charge in [0.25, 0.3) is 0 Å². The van der Waals surface area contributed by atoms with E-state index in [-0.39, 0.29) is 4.47 Å². The summed E-state index contributed by atoms with van der Waals surface area (Å²) in [6.07, 6.45) is -4.36. The largest absolute Gasteiger partial charge is 0.432 e. The van der Waals surface area contributed by atoms with E-state index in [9.17, 15) is 13.2 Å². The van der Waals surface area contributed by atoms with E-state index in [0.717, 1.165) is 11.1 Å². The number of hydrogen-bond donors (Lipinski definition) is 1. The number of H-pyrrole nitrogens is 1. The standard InChI is InChI=1S/C11H9BrF3N/c1-5-3-6(2)9-7(4-5)8(12)10(16-9)11(13,14)15/h3-4,16H,1-2H3. The second-order valence-electron chi connectivity index (χ2n) is 3.82. The topological polar surface area (TPSA) is 15.8 Å². The molecule has 2 aromatic rings. The summed E-state index contributed by atoms with van der Waals surface area (Å²) in [6.45, 7) is 3.65. The molecule has 0 fully saturated rings. The highest BCUT2D eigenvalue weighted by molar-refractivity contribution is 9.10. The summed E-state index contributed by atoms with van der Waals surface area (Å²) in [6, 6.07) is 3.59. The van der Waals surface area contributed by atoms with Crippen molar-refractivity contribution in [2.24, 2.45) is 0 Å². The Hall–Kier alpha value is -0.970. The Labute approximate surface area is 98.8 Å². The number of aryl methyl sites for hydroxylation is 2. The molecule has 0 radical (unpaired) electrons. The maximum absolute atomic E-state index is 12.7. The van der Waals surface area contributed by atoms with Gasteiger partial charge in [0.05, 0.1) is 4.47 Å². The Morgan fingerprint density at radius 1 is 1.19 bits per heavy atom. The van der Waals surface area contributed by atoms with Gasteiger partial charge in [-0.3, -0.25) is 0 Å². The molecule has 1 aromatic heterocycles. The molecule has 5 heteroatoms. The fourth-order valence-electron chi connectivity index (χ4n) is 1.82. The van der Waals surface area contributed by atoms with Gasteiger partial charge in [-0.05, 0) is 41.4 Å². The van der Waals surface area contributed by atoms with Gasteiger partial charge in [0.1, 0.15) is 5.69 Å². The zero-order valence-corrected chi connectivity index (χ0v) is 10.3. The maximum Gasteiger partial charge on any atom is 0.432 e. The minimum Gasteiger partial charge on any atom is -0.350 e. The number of aromatic nitrogens is 1. The molecular weight excluding hydrogens is 283 g/mol. The van der Waals surface area contributed by atoms with Crippen molar-refractivity contribution in [1.82, 2.24) is 4.98 Å². The fourth-order valence-corrected chi connectivity index (χ4v) is 2.45. The molecule has 0 aliphatic heterocycles. The van der Waals surface area contributed by atoms with Gasteiger partial charge in [-0.15, -0.1) is 0 Å². The second kappa shape index (κ2) is 3.52. The quantitative estimate of drug-likeness (QED) is 0.732. The van der Waals surface area contributed by atoms with Crippen LogP contribution in [0, 0.1) is 13.8 Å². The third-order valence-electron chi connectivity index (χ3n) is 2.47. The smallest absolute Gasteiger partial charge is 0.350 e. The fraction of sp³-hybridized carbons (Fsp3) is 0.273. The maximum atomic E-state index is 12.7. The monoisotopic (exact) mass is 291 g/mol. The Bertz CT molecular complexity index is 554. The van der Waals surface area contributed by atoms with E-state index in [1.807, 2.05) is 13.0 Å². The molecule has 0 spiro atoms. The van der Waals surface area contributed by atoms with E-state index in [0.29, 0.717) is 10.9 Å². The van der Waals surface area contributed by atoms with Gasteiger partial charge in [-0.1, -0.05) is 11.6 Å². The SMILES string of the molecule is Cc1cc(C)c2[nH]c(C(F)(F)F)c(Br)c2c1. The van der Waals surface area contributed by atoms with Crippen LogP contribution in [0.1, 0.15) is 16.8 Å². The summed E-state index contributed by atoms with van der Waals surface area (Å²) < 4.78 is 38.1. The predicted octanol–water partition coefficient (Wildman–Crippen LogP) is 4.57. The van der Waals surface area contributed by atoms with E-state index in [1.165, 1.54) is 0 Å². The lowest BCUT2D eigenvalue weighted by molar-refractivity contribution is -0.141. The van der Waals surface area contributed by atoms with Crippen LogP contribution in [-0.4, -0.2) is 4.98 Å². The van der Waals surface area contributed by atoms with E-state index < -0.39 is 11.9 Å². The van der Waals surface area contributed by atoms with Crippen molar-refractivity contribution in [1.29, 1.82) is 0 Å². The van der Waals surface area contributed by atoms with Gasteiger partial charge in [-0.25, -0.2) is 0 Å². The minimum atomic E-state index is -4.36. The highest BCUT2D eigenvalue weighted by atomic mass is 79.9. The number of aromatic amines is 1. The third kappa shape index (κ3) is 1.73. The van der Waals surface area contributed by atoms with Crippen molar-refractivity contribution in [2.75, 3.05) is 0 Å². The Morgan fingerprint density at radius 3 is 2.38 bits per heavy atom. The van der Waals surface area contributed by atoms with Gasteiger partial charge in [-0.2, -0.15) is 13.2 Å². The number of nitrogens with one attached hydrogen (secondary N) is 1. The number of halogens is 4. The molecule has 0 aliphatic rings. The molecular formula is C11H9BrF3N. The van der Waals surface area contributed by atoms with Crippen molar-refractivity contribution >= 4 is 26.8 Å². The van der Waals surface area contributed by atoms with Crippen LogP contribution in [0.2, 0.25) is 0 Å². The van der Waals surface area contributed by atoms with Crippen molar-refractivity contribution in [3.63, 3.8) is 0 Å². The minimum absolute atomic E-state index is 0.0850. The summed E-state index contributed by atoms with van der Waals surface area (Å²) in [5.41, 5.74) is 1.56. The van der Waals surface area contributed by atoms with Crippen molar-refractivity contribution in [3.8, 4) is 0 Å². The van der Waals surface area contributed by atoms with Crippen LogP contribution in [0.3, 0.4) is 0 Å². The molecule has 86 valence electrons. The average molecular weight is 292 g/mol. The Morgan fingerprint density at radius 2 is 1.81 bits per heavy atom. The molecule has 0 unspecified atom stereocenters. The number of hydrogen-bond acceptors (Lipinski definition) is 0. The zero-order valence-electron chi connectivity index (χ0n) is 8.67. The first kappa shape index (κ1) is 11.5. The molecule has 2 rings (SSSR count). The second-order valence-corrected chi connectivity index (χ2v) is 4.61. The summed E-state index contributed by atoms with van der Waals surface area (Å²) in [7, 11) is 0. The van der Waals surface area contributed by atoms with E-state index in [4.69, 9.17) is 0 Å². The van der Waals surface area contributed by atoms with Crippen LogP contribution in [0.5, 0.6) is 0 Å². The van der Waals surface area contributed by atoms with E-state index in [2.05, 4.69) is 20.9 Å². The number of fused-ring (bicyclic) bond motifs is 1. The molecule has 16 heavy (non-hydrogen) atoms. The molecule has 1 heterocycles. The summed E-state index contributed by atoms with van der Waals surface area (Å²) in [5.74, 6) is 0.